The molecule has 2 saturated heterocycles. The molecule has 3 amide bonds. The molecule has 1 spiro atoms. The normalized spacial score (nSPS) is 18.5. The van der Waals surface area contributed by atoms with Crippen molar-refractivity contribution in [3.8, 4) is 5.75 Å². The molecule has 9 nitrogen and oxygen atoms in total. The molecule has 0 atom stereocenters. The summed E-state index contributed by atoms with van der Waals surface area (Å²) < 4.78 is 12.2. The number of nitrogens with zero attached hydrogens (tertiary/aromatic N) is 5. The fourth-order valence-corrected chi connectivity index (χ4v) is 4.89. The van der Waals surface area contributed by atoms with E-state index in [1.807, 2.05) is 43.7 Å². The van der Waals surface area contributed by atoms with Crippen LogP contribution < -0.4 is 4.74 Å². The zero-order chi connectivity index (χ0) is 23.4. The second-order valence-electron chi connectivity index (χ2n) is 8.85. The van der Waals surface area contributed by atoms with E-state index in [-0.39, 0.29) is 18.5 Å². The maximum absolute atomic E-state index is 13.7. The SMILES string of the molecule is COCCCN1C(=O)N(Cc2ccc(OC)cc2)C(=O)C12CCN(Cc1cnn(C)c1)CC2. The Morgan fingerprint density at radius 1 is 1.03 bits per heavy atom. The predicted molar refractivity (Wildman–Crippen MR) is 123 cm³/mol. The highest BCUT2D eigenvalue weighted by Gasteiger charge is 2.57. The molecular weight excluding hydrogens is 422 g/mol. The minimum atomic E-state index is -0.775. The Hall–Kier alpha value is -2.91. The van der Waals surface area contributed by atoms with Crippen LogP contribution in [0.2, 0.25) is 0 Å². The summed E-state index contributed by atoms with van der Waals surface area (Å²) in [6, 6.07) is 7.30. The van der Waals surface area contributed by atoms with E-state index in [0.717, 1.165) is 36.5 Å². The molecule has 0 saturated carbocycles. The molecule has 2 aromatic rings. The van der Waals surface area contributed by atoms with Crippen molar-refractivity contribution in [1.29, 1.82) is 0 Å². The van der Waals surface area contributed by atoms with Crippen LogP contribution in [0.3, 0.4) is 0 Å². The van der Waals surface area contributed by atoms with Gasteiger partial charge in [0.25, 0.3) is 5.91 Å². The number of methoxy groups -OCH3 is 2. The summed E-state index contributed by atoms with van der Waals surface area (Å²) in [5, 5.41) is 4.25. The van der Waals surface area contributed by atoms with E-state index in [2.05, 4.69) is 10.00 Å². The Morgan fingerprint density at radius 2 is 1.76 bits per heavy atom. The van der Waals surface area contributed by atoms with Gasteiger partial charge in [-0.05, 0) is 37.0 Å². The molecule has 0 bridgehead atoms. The van der Waals surface area contributed by atoms with Crippen molar-refractivity contribution in [3.05, 3.63) is 47.8 Å². The van der Waals surface area contributed by atoms with Crippen LogP contribution in [0.4, 0.5) is 4.79 Å². The van der Waals surface area contributed by atoms with Gasteiger partial charge < -0.3 is 14.4 Å². The van der Waals surface area contributed by atoms with Crippen LogP contribution in [0.1, 0.15) is 30.4 Å². The number of carbonyl (C=O) groups excluding carboxylic acids is 2. The summed E-state index contributed by atoms with van der Waals surface area (Å²) in [6.07, 6.45) is 5.85. The highest BCUT2D eigenvalue weighted by atomic mass is 16.5. The number of urea groups is 1. The molecule has 2 aliphatic heterocycles. The van der Waals surface area contributed by atoms with Gasteiger partial charge in [-0.25, -0.2) is 4.79 Å². The van der Waals surface area contributed by atoms with E-state index in [1.165, 1.54) is 4.90 Å². The summed E-state index contributed by atoms with van der Waals surface area (Å²) >= 11 is 0. The molecule has 9 heteroatoms. The van der Waals surface area contributed by atoms with Crippen molar-refractivity contribution >= 4 is 11.9 Å². The third-order valence-corrected chi connectivity index (χ3v) is 6.70. The Morgan fingerprint density at radius 3 is 2.36 bits per heavy atom. The number of amides is 3. The van der Waals surface area contributed by atoms with Crippen molar-refractivity contribution < 1.29 is 19.1 Å². The molecular formula is C24H33N5O4. The molecule has 1 aromatic heterocycles. The van der Waals surface area contributed by atoms with Crippen molar-refractivity contribution in [2.24, 2.45) is 7.05 Å². The third-order valence-electron chi connectivity index (χ3n) is 6.70. The number of hydrogen-bond acceptors (Lipinski definition) is 6. The van der Waals surface area contributed by atoms with Crippen LogP contribution >= 0.6 is 0 Å². The topological polar surface area (TPSA) is 80.1 Å². The van der Waals surface area contributed by atoms with Crippen molar-refractivity contribution in [1.82, 2.24) is 24.5 Å². The molecule has 0 radical (unpaired) electrons. The number of benzene rings is 1. The number of likely N-dealkylation sites (tertiary alicyclic amines) is 1. The number of rotatable bonds is 9. The molecule has 178 valence electrons. The van der Waals surface area contributed by atoms with Gasteiger partial charge in [-0.1, -0.05) is 12.1 Å². The molecule has 3 heterocycles. The summed E-state index contributed by atoms with van der Waals surface area (Å²) in [5.74, 6) is 0.665. The highest BCUT2D eigenvalue weighted by molar-refractivity contribution is 6.07. The monoisotopic (exact) mass is 455 g/mol. The molecule has 33 heavy (non-hydrogen) atoms. The predicted octanol–water partition coefficient (Wildman–Crippen LogP) is 2.26. The first-order valence-corrected chi connectivity index (χ1v) is 11.4. The van der Waals surface area contributed by atoms with E-state index in [1.54, 1.807) is 23.8 Å². The average Bonchev–Trinajstić information content (AvgIpc) is 3.31. The fourth-order valence-electron chi connectivity index (χ4n) is 4.89. The number of carbonyl (C=O) groups is 2. The Labute approximate surface area is 194 Å². The van der Waals surface area contributed by atoms with Gasteiger partial charge >= 0.3 is 6.03 Å². The molecule has 2 aliphatic rings. The number of hydrogen-bond donors (Lipinski definition) is 0. The average molecular weight is 456 g/mol. The summed E-state index contributed by atoms with van der Waals surface area (Å²) in [7, 11) is 5.18. The second kappa shape index (κ2) is 9.93. The third kappa shape index (κ3) is 4.74. The molecule has 0 aliphatic carbocycles. The summed E-state index contributed by atoms with van der Waals surface area (Å²) in [5.41, 5.74) is 1.28. The zero-order valence-corrected chi connectivity index (χ0v) is 19.7. The lowest BCUT2D eigenvalue weighted by atomic mass is 9.85. The van der Waals surface area contributed by atoms with Gasteiger partial charge in [0.1, 0.15) is 11.3 Å². The van der Waals surface area contributed by atoms with Crippen LogP contribution in [-0.4, -0.2) is 82.4 Å². The van der Waals surface area contributed by atoms with Crippen LogP contribution in [0.25, 0.3) is 0 Å². The van der Waals surface area contributed by atoms with Crippen molar-refractivity contribution in [3.63, 3.8) is 0 Å². The van der Waals surface area contributed by atoms with Crippen LogP contribution in [0.15, 0.2) is 36.7 Å². The minimum Gasteiger partial charge on any atom is -0.497 e. The van der Waals surface area contributed by atoms with Gasteiger partial charge in [0.05, 0.1) is 19.9 Å². The maximum atomic E-state index is 13.7. The lowest BCUT2D eigenvalue weighted by molar-refractivity contribution is -0.136. The smallest absolute Gasteiger partial charge is 0.327 e. The van der Waals surface area contributed by atoms with Gasteiger partial charge in [-0.2, -0.15) is 5.10 Å². The standard InChI is InChI=1S/C24H33N5O4/c1-26-16-20(15-25-26)17-27-12-9-24(10-13-27)22(30)28(23(31)29(24)11-4-14-32-2)18-19-5-7-21(33-3)8-6-19/h5-8,15-16H,4,9-14,17-18H2,1-3H3. The minimum absolute atomic E-state index is 0.0817. The number of ether oxygens (including phenoxy) is 2. The van der Waals surface area contributed by atoms with Crippen LogP contribution in [0.5, 0.6) is 5.75 Å². The van der Waals surface area contributed by atoms with E-state index in [0.29, 0.717) is 32.4 Å². The molecule has 4 rings (SSSR count). The van der Waals surface area contributed by atoms with Gasteiger partial charge in [0.2, 0.25) is 0 Å². The van der Waals surface area contributed by atoms with Gasteiger partial charge in [0.15, 0.2) is 0 Å². The molecule has 1 aromatic carbocycles. The van der Waals surface area contributed by atoms with Gasteiger partial charge in [-0.15, -0.1) is 0 Å². The second-order valence-corrected chi connectivity index (χ2v) is 8.85. The number of imide groups is 1. The lowest BCUT2D eigenvalue weighted by Crippen LogP contribution is -2.56. The maximum Gasteiger partial charge on any atom is 0.327 e. The number of aryl methyl sites for hydroxylation is 1. The quantitative estimate of drug-likeness (QED) is 0.426. The van der Waals surface area contributed by atoms with Crippen LogP contribution in [0, 0.1) is 0 Å². The van der Waals surface area contributed by atoms with E-state index in [4.69, 9.17) is 9.47 Å². The summed E-state index contributed by atoms with van der Waals surface area (Å²) in [4.78, 5) is 32.7. The molecule has 2 fully saturated rings. The Balaban J connectivity index is 1.50. The number of aromatic nitrogens is 2. The summed E-state index contributed by atoms with van der Waals surface area (Å²) in [6.45, 7) is 3.64. The largest absolute Gasteiger partial charge is 0.497 e. The molecule has 0 N–H and O–H groups in total. The van der Waals surface area contributed by atoms with E-state index < -0.39 is 5.54 Å². The Kier molecular flexibility index (Phi) is 6.99. The van der Waals surface area contributed by atoms with Gasteiger partial charge in [-0.3, -0.25) is 19.3 Å². The van der Waals surface area contributed by atoms with Crippen molar-refractivity contribution in [2.45, 2.75) is 37.9 Å². The molecule has 0 unspecified atom stereocenters. The Bertz CT molecular complexity index is 965. The lowest BCUT2D eigenvalue weighted by Gasteiger charge is -2.42. The fraction of sp³-hybridized carbons (Fsp3) is 0.542. The first kappa shape index (κ1) is 23.3. The number of piperidine rings is 1. The highest BCUT2D eigenvalue weighted by Crippen LogP contribution is 2.38. The zero-order valence-electron chi connectivity index (χ0n) is 19.7. The van der Waals surface area contributed by atoms with Gasteiger partial charge in [0, 0.05) is 58.7 Å². The first-order chi connectivity index (χ1) is 16.0. The van der Waals surface area contributed by atoms with Crippen molar-refractivity contribution in [2.75, 3.05) is 40.5 Å². The van der Waals surface area contributed by atoms with Crippen LogP contribution in [-0.2, 0) is 29.7 Å². The van der Waals surface area contributed by atoms with E-state index in [9.17, 15) is 9.59 Å². The first-order valence-electron chi connectivity index (χ1n) is 11.4. The van der Waals surface area contributed by atoms with E-state index >= 15 is 0 Å².